The van der Waals surface area contributed by atoms with E-state index in [9.17, 15) is 4.79 Å². The van der Waals surface area contributed by atoms with Crippen LogP contribution in [-0.4, -0.2) is 47.2 Å². The van der Waals surface area contributed by atoms with Crippen molar-refractivity contribution in [3.05, 3.63) is 46.8 Å². The largest absolute Gasteiger partial charge is 0.402 e. The Hall–Kier alpha value is -2.60. The first kappa shape index (κ1) is 19.7. The lowest BCUT2D eigenvalue weighted by Crippen LogP contribution is -2.51. The molecule has 154 valence electrons. The van der Waals surface area contributed by atoms with Gasteiger partial charge in [0.2, 0.25) is 0 Å². The quantitative estimate of drug-likeness (QED) is 0.602. The van der Waals surface area contributed by atoms with Gasteiger partial charge in [0.25, 0.3) is 5.91 Å². The number of H-pyrrole nitrogens is 1. The normalized spacial score (nSPS) is 22.2. The van der Waals surface area contributed by atoms with E-state index in [1.807, 2.05) is 29.2 Å². The molecule has 0 saturated carbocycles. The van der Waals surface area contributed by atoms with Crippen LogP contribution in [0.1, 0.15) is 56.1 Å². The monoisotopic (exact) mass is 393 g/mol. The molecule has 5 N–H and O–H groups in total. The lowest BCUT2D eigenvalue weighted by molar-refractivity contribution is 0.0709. The van der Waals surface area contributed by atoms with Crippen LogP contribution in [0.15, 0.2) is 35.5 Å². The molecule has 1 aromatic heterocycles. The number of hydrogen-bond acceptors (Lipinski definition) is 4. The van der Waals surface area contributed by atoms with E-state index in [-0.39, 0.29) is 11.3 Å². The molecule has 1 atom stereocenters. The smallest absolute Gasteiger partial charge is 0.254 e. The maximum atomic E-state index is 12.9. The first-order chi connectivity index (χ1) is 13.7. The van der Waals surface area contributed by atoms with Gasteiger partial charge in [0, 0.05) is 47.8 Å². The van der Waals surface area contributed by atoms with E-state index in [2.05, 4.69) is 31.1 Å². The van der Waals surface area contributed by atoms with E-state index in [1.165, 1.54) is 0 Å². The number of allylic oxidation sites excluding steroid dienone is 2. The Morgan fingerprint density at radius 2 is 2.10 bits per heavy atom. The lowest BCUT2D eigenvalue weighted by Gasteiger charge is -2.32. The van der Waals surface area contributed by atoms with Gasteiger partial charge in [0.15, 0.2) is 0 Å². The number of nitrogens with zero attached hydrogens (tertiary/aromatic N) is 1. The molecule has 1 aliphatic carbocycles. The number of hydrogen-bond donors (Lipinski definition) is 4. The van der Waals surface area contributed by atoms with Crippen molar-refractivity contribution in [1.82, 2.24) is 15.2 Å². The minimum absolute atomic E-state index is 0.0629. The minimum atomic E-state index is 0.0629. The van der Waals surface area contributed by atoms with Crippen LogP contribution in [0.2, 0.25) is 0 Å². The van der Waals surface area contributed by atoms with Crippen LogP contribution >= 0.6 is 0 Å². The zero-order valence-corrected chi connectivity index (χ0v) is 17.6. The fourth-order valence-corrected chi connectivity index (χ4v) is 4.48. The number of aromatic nitrogens is 1. The summed E-state index contributed by atoms with van der Waals surface area (Å²) in [5.41, 5.74) is 11.1. The van der Waals surface area contributed by atoms with E-state index in [1.54, 1.807) is 0 Å². The zero-order valence-electron chi connectivity index (χ0n) is 17.6. The Kier molecular flexibility index (Phi) is 4.99. The van der Waals surface area contributed by atoms with Crippen molar-refractivity contribution in [3.8, 4) is 0 Å². The van der Waals surface area contributed by atoms with Crippen LogP contribution in [0, 0.1) is 10.8 Å². The predicted octanol–water partition coefficient (Wildman–Crippen LogP) is 3.39. The predicted molar refractivity (Wildman–Crippen MR) is 117 cm³/mol. The molecule has 0 radical (unpaired) electrons. The van der Waals surface area contributed by atoms with Gasteiger partial charge in [-0.05, 0) is 55.4 Å². The van der Waals surface area contributed by atoms with Crippen molar-refractivity contribution in [2.45, 2.75) is 46.1 Å². The Morgan fingerprint density at radius 3 is 2.83 bits per heavy atom. The third-order valence-corrected chi connectivity index (χ3v) is 6.20. The molecule has 0 spiro atoms. The molecule has 1 fully saturated rings. The highest BCUT2D eigenvalue weighted by molar-refractivity contribution is 6.12. The molecule has 0 unspecified atom stereocenters. The fraction of sp³-hybridized carbons (Fsp3) is 0.478. The molecular weight excluding hydrogens is 362 g/mol. The van der Waals surface area contributed by atoms with E-state index < -0.39 is 0 Å². The third-order valence-electron chi connectivity index (χ3n) is 6.20. The third kappa shape index (κ3) is 3.94. The molecule has 1 aromatic carbocycles. The summed E-state index contributed by atoms with van der Waals surface area (Å²) in [6.07, 6.45) is 2.69. The van der Waals surface area contributed by atoms with Crippen molar-refractivity contribution < 1.29 is 4.79 Å². The Bertz CT molecular complexity index is 1000. The molecule has 29 heavy (non-hydrogen) atoms. The van der Waals surface area contributed by atoms with Gasteiger partial charge in [-0.3, -0.25) is 10.2 Å². The van der Waals surface area contributed by atoms with Crippen molar-refractivity contribution in [3.63, 3.8) is 0 Å². The molecule has 2 heterocycles. The van der Waals surface area contributed by atoms with E-state index in [0.717, 1.165) is 66.8 Å². The second-order valence-corrected chi connectivity index (χ2v) is 9.31. The number of benzene rings is 1. The number of carbonyl (C=O) groups excluding carboxylic acids is 1. The van der Waals surface area contributed by atoms with Crippen molar-refractivity contribution in [1.29, 1.82) is 5.41 Å². The Morgan fingerprint density at radius 1 is 1.31 bits per heavy atom. The average Bonchev–Trinajstić information content (AvgIpc) is 3.09. The molecule has 6 heteroatoms. The van der Waals surface area contributed by atoms with Crippen molar-refractivity contribution >= 4 is 22.5 Å². The Labute approximate surface area is 172 Å². The molecule has 1 amide bonds. The summed E-state index contributed by atoms with van der Waals surface area (Å²) in [5, 5.41) is 13.1. The molecule has 4 rings (SSSR count). The van der Waals surface area contributed by atoms with E-state index in [4.69, 9.17) is 11.1 Å². The number of aromatic amines is 1. The highest BCUT2D eigenvalue weighted by atomic mass is 16.2. The van der Waals surface area contributed by atoms with Gasteiger partial charge in [0.1, 0.15) is 0 Å². The number of piperazine rings is 1. The van der Waals surface area contributed by atoms with Gasteiger partial charge in [-0.2, -0.15) is 0 Å². The maximum absolute atomic E-state index is 12.9. The summed E-state index contributed by atoms with van der Waals surface area (Å²) in [6, 6.07) is 8.05. The van der Waals surface area contributed by atoms with Crippen molar-refractivity contribution in [2.24, 2.45) is 11.1 Å². The number of nitrogens with two attached hydrogens (primary N) is 1. The molecule has 2 aliphatic rings. The summed E-state index contributed by atoms with van der Waals surface area (Å²) >= 11 is 0. The molecule has 2 aromatic rings. The van der Waals surface area contributed by atoms with Gasteiger partial charge in [0.05, 0.1) is 11.4 Å². The van der Waals surface area contributed by atoms with Gasteiger partial charge in [-0.15, -0.1) is 0 Å². The SMILES string of the molecule is C[C@H]1CN(C(=O)c2ccc3cc(C(=N)C4=C(N)CC(C)(C)CC4)[nH]c3c2)CCN1. The number of fused-ring (bicyclic) bond motifs is 1. The molecule has 1 saturated heterocycles. The number of nitrogens with one attached hydrogen (secondary N) is 3. The van der Waals surface area contributed by atoms with Gasteiger partial charge in [-0.1, -0.05) is 19.9 Å². The van der Waals surface area contributed by atoms with Gasteiger partial charge < -0.3 is 20.9 Å². The van der Waals surface area contributed by atoms with E-state index in [0.29, 0.717) is 17.3 Å². The first-order valence-corrected chi connectivity index (χ1v) is 10.5. The maximum Gasteiger partial charge on any atom is 0.254 e. The summed E-state index contributed by atoms with van der Waals surface area (Å²) in [7, 11) is 0. The standard InChI is InChI=1S/C23H31N5O/c1-14-13-28(9-8-26-14)22(29)16-5-4-15-10-20(27-19(15)11-16)21(25)17-6-7-23(2,3)12-18(17)24/h4-5,10-11,14,25-27H,6-9,12-13,24H2,1-3H3/t14-/m0/s1. The molecule has 0 bridgehead atoms. The fourth-order valence-electron chi connectivity index (χ4n) is 4.48. The van der Waals surface area contributed by atoms with Crippen LogP contribution < -0.4 is 11.1 Å². The molecule has 1 aliphatic heterocycles. The summed E-state index contributed by atoms with van der Waals surface area (Å²) in [6.45, 7) is 8.82. The first-order valence-electron chi connectivity index (χ1n) is 10.5. The van der Waals surface area contributed by atoms with Crippen molar-refractivity contribution in [2.75, 3.05) is 19.6 Å². The van der Waals surface area contributed by atoms with E-state index >= 15 is 0 Å². The second kappa shape index (κ2) is 7.34. The lowest BCUT2D eigenvalue weighted by atomic mass is 9.75. The second-order valence-electron chi connectivity index (χ2n) is 9.31. The summed E-state index contributed by atoms with van der Waals surface area (Å²) in [5.74, 6) is 0.0629. The highest BCUT2D eigenvalue weighted by Gasteiger charge is 2.28. The zero-order chi connectivity index (χ0) is 20.8. The number of rotatable bonds is 3. The van der Waals surface area contributed by atoms with Gasteiger partial charge >= 0.3 is 0 Å². The van der Waals surface area contributed by atoms with Crippen LogP contribution in [0.4, 0.5) is 0 Å². The minimum Gasteiger partial charge on any atom is -0.402 e. The van der Waals surface area contributed by atoms with Gasteiger partial charge in [-0.25, -0.2) is 0 Å². The van der Waals surface area contributed by atoms with Crippen LogP contribution in [0.3, 0.4) is 0 Å². The average molecular weight is 394 g/mol. The topological polar surface area (TPSA) is 98.0 Å². The van der Waals surface area contributed by atoms with Crippen LogP contribution in [-0.2, 0) is 0 Å². The Balaban J connectivity index is 1.59. The van der Waals surface area contributed by atoms with Crippen LogP contribution in [0.25, 0.3) is 10.9 Å². The summed E-state index contributed by atoms with van der Waals surface area (Å²) < 4.78 is 0. The number of carbonyl (C=O) groups is 1. The number of amides is 1. The molecule has 6 nitrogen and oxygen atoms in total. The van der Waals surface area contributed by atoms with Crippen LogP contribution in [0.5, 0.6) is 0 Å². The summed E-state index contributed by atoms with van der Waals surface area (Å²) in [4.78, 5) is 18.1. The molecular formula is C23H31N5O. The highest BCUT2D eigenvalue weighted by Crippen LogP contribution is 2.37.